The summed E-state index contributed by atoms with van der Waals surface area (Å²) in [6.45, 7) is 1.96. The van der Waals surface area contributed by atoms with Gasteiger partial charge in [0.1, 0.15) is 0 Å². The van der Waals surface area contributed by atoms with E-state index in [1.807, 2.05) is 6.07 Å². The van der Waals surface area contributed by atoms with Crippen molar-refractivity contribution in [2.75, 3.05) is 18.8 Å². The van der Waals surface area contributed by atoms with Crippen LogP contribution in [0.4, 0.5) is 5.95 Å². The summed E-state index contributed by atoms with van der Waals surface area (Å²) in [7, 11) is 0. The first-order valence-electron chi connectivity index (χ1n) is 9.03. The Kier molecular flexibility index (Phi) is 4.07. The van der Waals surface area contributed by atoms with Gasteiger partial charge in [0.25, 0.3) is 0 Å². The number of nitrogens with zero attached hydrogens (tertiary/aromatic N) is 3. The van der Waals surface area contributed by atoms with Crippen molar-refractivity contribution in [3.05, 3.63) is 71.4 Å². The second kappa shape index (κ2) is 6.72. The molecule has 0 bridgehead atoms. The van der Waals surface area contributed by atoms with Crippen LogP contribution in [0.25, 0.3) is 21.5 Å². The number of rotatable bonds is 3. The Balaban J connectivity index is 1.51. The fraction of sp³-hybridized carbons (Fsp3) is 0.190. The standard InChI is InChI=1S/C21H19N5S/c22-21-24-9-8-17(26-21)14-6-7-18-19(10-14)27-20(25-18)16-12-23-11-15(16)13-4-2-1-3-5-13/h1-10,15-16,23H,11-12H2,(H2,22,24,26)/t15-,16?/m1/s1. The van der Waals surface area contributed by atoms with Gasteiger partial charge in [0, 0.05) is 36.7 Å². The highest BCUT2D eigenvalue weighted by Crippen LogP contribution is 2.39. The number of hydrogen-bond donors (Lipinski definition) is 2. The fourth-order valence-electron chi connectivity index (χ4n) is 3.78. The molecule has 1 aliphatic heterocycles. The van der Waals surface area contributed by atoms with E-state index in [1.165, 1.54) is 15.3 Å². The lowest BCUT2D eigenvalue weighted by Gasteiger charge is -2.16. The Morgan fingerprint density at radius 3 is 2.67 bits per heavy atom. The summed E-state index contributed by atoms with van der Waals surface area (Å²) in [5, 5.41) is 4.74. The maximum atomic E-state index is 5.73. The van der Waals surface area contributed by atoms with Gasteiger partial charge < -0.3 is 11.1 Å². The molecule has 2 aromatic heterocycles. The number of nitrogens with one attached hydrogen (secondary N) is 1. The number of hydrogen-bond acceptors (Lipinski definition) is 6. The first-order chi connectivity index (χ1) is 13.3. The topological polar surface area (TPSA) is 76.7 Å². The second-order valence-electron chi connectivity index (χ2n) is 6.82. The number of benzene rings is 2. The second-order valence-corrected chi connectivity index (χ2v) is 7.88. The number of aromatic nitrogens is 3. The summed E-state index contributed by atoms with van der Waals surface area (Å²) >= 11 is 1.78. The quantitative estimate of drug-likeness (QED) is 0.571. The highest BCUT2D eigenvalue weighted by Gasteiger charge is 2.31. The molecule has 1 saturated heterocycles. The molecule has 0 aliphatic carbocycles. The van der Waals surface area contributed by atoms with Gasteiger partial charge in [-0.15, -0.1) is 11.3 Å². The SMILES string of the molecule is Nc1nccc(-c2ccc3nc(C4CNC[C@@H]4c4ccccc4)sc3c2)n1. The summed E-state index contributed by atoms with van der Waals surface area (Å²) in [5.74, 6) is 1.16. The molecular weight excluding hydrogens is 354 g/mol. The summed E-state index contributed by atoms with van der Waals surface area (Å²) in [4.78, 5) is 13.2. The Bertz CT molecular complexity index is 1090. The third-order valence-corrected chi connectivity index (χ3v) is 6.28. The van der Waals surface area contributed by atoms with Gasteiger partial charge in [-0.05, 0) is 23.8 Å². The van der Waals surface area contributed by atoms with Crippen molar-refractivity contribution in [3.8, 4) is 11.3 Å². The van der Waals surface area contributed by atoms with E-state index in [1.54, 1.807) is 17.5 Å². The lowest BCUT2D eigenvalue weighted by Crippen LogP contribution is -2.08. The Hall–Kier alpha value is -2.83. The molecule has 1 fully saturated rings. The van der Waals surface area contributed by atoms with E-state index in [9.17, 15) is 0 Å². The van der Waals surface area contributed by atoms with Crippen LogP contribution in [0, 0.1) is 0 Å². The van der Waals surface area contributed by atoms with Crippen molar-refractivity contribution in [2.45, 2.75) is 11.8 Å². The molecule has 2 atom stereocenters. The number of fused-ring (bicyclic) bond motifs is 1. The normalized spacial score (nSPS) is 19.6. The first kappa shape index (κ1) is 16.4. The van der Waals surface area contributed by atoms with Gasteiger partial charge in [-0.1, -0.05) is 36.4 Å². The molecule has 0 radical (unpaired) electrons. The molecule has 5 rings (SSSR count). The third kappa shape index (κ3) is 3.07. The minimum absolute atomic E-state index is 0.292. The van der Waals surface area contributed by atoms with Gasteiger partial charge in [-0.3, -0.25) is 0 Å². The summed E-state index contributed by atoms with van der Waals surface area (Å²) < 4.78 is 1.18. The number of nitrogens with two attached hydrogens (primary N) is 1. The molecule has 134 valence electrons. The maximum absolute atomic E-state index is 5.73. The van der Waals surface area contributed by atoms with Crippen LogP contribution in [0.3, 0.4) is 0 Å². The van der Waals surface area contributed by atoms with Crippen molar-refractivity contribution in [1.82, 2.24) is 20.3 Å². The van der Waals surface area contributed by atoms with Crippen LogP contribution < -0.4 is 11.1 Å². The van der Waals surface area contributed by atoms with Gasteiger partial charge in [-0.25, -0.2) is 15.0 Å². The van der Waals surface area contributed by atoms with Crippen LogP contribution in [0.5, 0.6) is 0 Å². The molecule has 3 heterocycles. The fourth-order valence-corrected chi connectivity index (χ4v) is 4.96. The molecule has 27 heavy (non-hydrogen) atoms. The molecule has 2 aromatic carbocycles. The minimum atomic E-state index is 0.292. The number of thiazole rings is 1. The molecule has 1 unspecified atom stereocenters. The highest BCUT2D eigenvalue weighted by atomic mass is 32.1. The first-order valence-corrected chi connectivity index (χ1v) is 9.84. The van der Waals surface area contributed by atoms with Crippen LogP contribution >= 0.6 is 11.3 Å². The lowest BCUT2D eigenvalue weighted by atomic mass is 9.89. The van der Waals surface area contributed by atoms with Gasteiger partial charge in [0.15, 0.2) is 0 Å². The number of nitrogen functional groups attached to an aromatic ring is 1. The van der Waals surface area contributed by atoms with Crippen LogP contribution in [0.2, 0.25) is 0 Å². The van der Waals surface area contributed by atoms with E-state index < -0.39 is 0 Å². The zero-order valence-electron chi connectivity index (χ0n) is 14.7. The van der Waals surface area contributed by atoms with E-state index >= 15 is 0 Å². The predicted octanol–water partition coefficient (Wildman–Crippen LogP) is 3.81. The van der Waals surface area contributed by atoms with Crippen molar-refractivity contribution >= 4 is 27.5 Å². The van der Waals surface area contributed by atoms with Crippen LogP contribution in [-0.4, -0.2) is 28.0 Å². The molecule has 1 aliphatic rings. The number of anilines is 1. The summed E-state index contributed by atoms with van der Waals surface area (Å²) in [6, 6.07) is 18.9. The zero-order valence-corrected chi connectivity index (χ0v) is 15.5. The summed E-state index contributed by atoms with van der Waals surface area (Å²) in [6.07, 6.45) is 1.69. The smallest absolute Gasteiger partial charge is 0.220 e. The van der Waals surface area contributed by atoms with Crippen LogP contribution in [0.1, 0.15) is 22.4 Å². The van der Waals surface area contributed by atoms with Gasteiger partial charge >= 0.3 is 0 Å². The van der Waals surface area contributed by atoms with E-state index in [-0.39, 0.29) is 0 Å². The molecule has 3 N–H and O–H groups in total. The summed E-state index contributed by atoms with van der Waals surface area (Å²) in [5.41, 5.74) is 10.0. The van der Waals surface area contributed by atoms with E-state index in [4.69, 9.17) is 10.7 Å². The van der Waals surface area contributed by atoms with Gasteiger partial charge in [-0.2, -0.15) is 0 Å². The molecule has 5 nitrogen and oxygen atoms in total. The van der Waals surface area contributed by atoms with E-state index in [0.717, 1.165) is 29.9 Å². The average Bonchev–Trinajstić information content (AvgIpc) is 3.35. The van der Waals surface area contributed by atoms with Crippen LogP contribution in [-0.2, 0) is 0 Å². The van der Waals surface area contributed by atoms with Gasteiger partial charge in [0.05, 0.1) is 20.9 Å². The minimum Gasteiger partial charge on any atom is -0.368 e. The highest BCUT2D eigenvalue weighted by molar-refractivity contribution is 7.18. The molecular formula is C21H19N5S. The van der Waals surface area contributed by atoms with Gasteiger partial charge in [0.2, 0.25) is 5.95 Å². The lowest BCUT2D eigenvalue weighted by molar-refractivity contribution is 0.663. The Morgan fingerprint density at radius 2 is 1.81 bits per heavy atom. The molecule has 0 amide bonds. The Labute approximate surface area is 161 Å². The maximum Gasteiger partial charge on any atom is 0.220 e. The average molecular weight is 373 g/mol. The zero-order chi connectivity index (χ0) is 18.2. The van der Waals surface area contributed by atoms with Crippen molar-refractivity contribution < 1.29 is 0 Å². The van der Waals surface area contributed by atoms with Crippen molar-refractivity contribution in [1.29, 1.82) is 0 Å². The predicted molar refractivity (Wildman–Crippen MR) is 110 cm³/mol. The van der Waals surface area contributed by atoms with E-state index in [2.05, 4.69) is 63.8 Å². The van der Waals surface area contributed by atoms with E-state index in [0.29, 0.717) is 17.8 Å². The molecule has 6 heteroatoms. The van der Waals surface area contributed by atoms with Crippen molar-refractivity contribution in [2.24, 2.45) is 0 Å². The molecule has 4 aromatic rings. The Morgan fingerprint density at radius 1 is 0.963 bits per heavy atom. The molecule has 0 spiro atoms. The van der Waals surface area contributed by atoms with Crippen LogP contribution in [0.15, 0.2) is 60.8 Å². The third-order valence-electron chi connectivity index (χ3n) is 5.13. The van der Waals surface area contributed by atoms with Crippen molar-refractivity contribution in [3.63, 3.8) is 0 Å². The molecule has 0 saturated carbocycles. The largest absolute Gasteiger partial charge is 0.368 e. The monoisotopic (exact) mass is 373 g/mol.